The Bertz CT molecular complexity index is 1380. The number of anilines is 1. The molecule has 0 spiro atoms. The van der Waals surface area contributed by atoms with E-state index in [0.717, 1.165) is 18.7 Å². The Kier molecular flexibility index (Phi) is 7.28. The third-order valence-electron chi connectivity index (χ3n) is 6.86. The molecule has 2 aromatic carbocycles. The first-order chi connectivity index (χ1) is 18.7. The van der Waals surface area contributed by atoms with Crippen molar-refractivity contribution in [3.63, 3.8) is 0 Å². The van der Waals surface area contributed by atoms with E-state index in [0.29, 0.717) is 30.0 Å². The molecule has 0 radical (unpaired) electrons. The van der Waals surface area contributed by atoms with Gasteiger partial charge in [-0.25, -0.2) is 4.99 Å². The number of nitrogens with zero attached hydrogens (tertiary/aromatic N) is 2. The minimum absolute atomic E-state index is 0.0827. The van der Waals surface area contributed by atoms with Crippen molar-refractivity contribution in [2.45, 2.75) is 31.5 Å². The fourth-order valence-electron chi connectivity index (χ4n) is 4.80. The molecule has 0 bridgehead atoms. The van der Waals surface area contributed by atoms with Gasteiger partial charge in [-0.15, -0.1) is 0 Å². The van der Waals surface area contributed by atoms with Crippen molar-refractivity contribution in [2.24, 2.45) is 10.9 Å². The van der Waals surface area contributed by atoms with Crippen molar-refractivity contribution in [3.8, 4) is 5.75 Å². The zero-order chi connectivity index (χ0) is 27.6. The van der Waals surface area contributed by atoms with Gasteiger partial charge in [0.15, 0.2) is 0 Å². The maximum absolute atomic E-state index is 13.7. The van der Waals surface area contributed by atoms with Crippen LogP contribution in [0.3, 0.4) is 0 Å². The lowest BCUT2D eigenvalue weighted by atomic mass is 9.99. The molecule has 2 atom stereocenters. The highest BCUT2D eigenvalue weighted by Crippen LogP contribution is 2.37. The van der Waals surface area contributed by atoms with Crippen LogP contribution in [0.5, 0.6) is 5.75 Å². The average Bonchev–Trinajstić information content (AvgIpc) is 3.58. The third-order valence-corrected chi connectivity index (χ3v) is 6.86. The number of allylic oxidation sites excluding steroid dienone is 3. The second kappa shape index (κ2) is 10.8. The summed E-state index contributed by atoms with van der Waals surface area (Å²) in [5.74, 6) is -1.69. The lowest BCUT2D eigenvalue weighted by molar-refractivity contribution is -0.140. The van der Waals surface area contributed by atoms with E-state index in [1.165, 1.54) is 0 Å². The molecule has 2 aliphatic heterocycles. The second-order valence-electron chi connectivity index (χ2n) is 9.55. The number of hydrogen-bond acceptors (Lipinski definition) is 5. The van der Waals surface area contributed by atoms with Crippen molar-refractivity contribution < 1.29 is 32.6 Å². The molecule has 10 heteroatoms. The van der Waals surface area contributed by atoms with Crippen molar-refractivity contribution in [1.82, 2.24) is 4.90 Å². The number of aliphatic carboxylic acids is 1. The number of rotatable bonds is 7. The van der Waals surface area contributed by atoms with E-state index in [-0.39, 0.29) is 11.8 Å². The second-order valence-corrected chi connectivity index (χ2v) is 9.55. The van der Waals surface area contributed by atoms with E-state index < -0.39 is 41.7 Å². The van der Waals surface area contributed by atoms with Gasteiger partial charge in [0, 0.05) is 30.8 Å². The number of amides is 1. The molecule has 7 nitrogen and oxygen atoms in total. The van der Waals surface area contributed by atoms with E-state index in [1.807, 2.05) is 12.2 Å². The summed E-state index contributed by atoms with van der Waals surface area (Å²) in [7, 11) is 0. The Labute approximate surface area is 223 Å². The quantitative estimate of drug-likeness (QED) is 0.498. The highest BCUT2D eigenvalue weighted by Gasteiger charge is 2.42. The van der Waals surface area contributed by atoms with Crippen LogP contribution in [-0.2, 0) is 9.59 Å². The fourth-order valence-corrected chi connectivity index (χ4v) is 4.80. The number of likely N-dealkylation sites (tertiary alicyclic amines) is 1. The van der Waals surface area contributed by atoms with Crippen LogP contribution in [0.25, 0.3) is 0 Å². The number of aliphatic imine (C=N–C) groups is 1. The average molecular weight is 538 g/mol. The summed E-state index contributed by atoms with van der Waals surface area (Å²) in [6.45, 7) is 1.41. The summed E-state index contributed by atoms with van der Waals surface area (Å²) in [6, 6.07) is 14.9. The monoisotopic (exact) mass is 537 g/mol. The summed E-state index contributed by atoms with van der Waals surface area (Å²) in [6.07, 6.45) is 1.47. The van der Waals surface area contributed by atoms with Crippen LogP contribution in [0.1, 0.15) is 24.8 Å². The Balaban J connectivity index is 1.20. The van der Waals surface area contributed by atoms with Crippen LogP contribution in [0, 0.1) is 5.92 Å². The molecule has 0 saturated carbocycles. The van der Waals surface area contributed by atoms with Crippen molar-refractivity contribution in [3.05, 3.63) is 95.4 Å². The van der Waals surface area contributed by atoms with E-state index in [4.69, 9.17) is 9.84 Å². The first kappa shape index (κ1) is 26.3. The summed E-state index contributed by atoms with van der Waals surface area (Å²) in [5, 5.41) is 11.6. The Morgan fingerprint density at radius 3 is 2.46 bits per heavy atom. The topological polar surface area (TPSA) is 91.2 Å². The van der Waals surface area contributed by atoms with Gasteiger partial charge in [-0.2, -0.15) is 13.2 Å². The van der Waals surface area contributed by atoms with Gasteiger partial charge in [0.2, 0.25) is 0 Å². The standard InChI is InChI=1S/C29H26F3N3O4/c30-29(31,32)24-16-25(18-4-2-1-3-5-18)34-26(24)27(36)33-20-8-12-22(13-9-20)39-23-14-15-35(17-23)21-10-6-19(7-11-21)28(37)38/h1-6,8-13,19,23H,7,14-17H2,(H,33,36)(H,37,38)/t19?,23-/m0/s1. The normalized spacial score (nSPS) is 21.1. The van der Waals surface area contributed by atoms with Crippen molar-refractivity contribution >= 4 is 23.3 Å². The molecule has 1 saturated heterocycles. The molecule has 3 aliphatic rings. The van der Waals surface area contributed by atoms with Gasteiger partial charge in [0.05, 0.1) is 23.7 Å². The van der Waals surface area contributed by atoms with E-state index >= 15 is 0 Å². The van der Waals surface area contributed by atoms with Gasteiger partial charge in [-0.3, -0.25) is 9.59 Å². The van der Waals surface area contributed by atoms with E-state index in [1.54, 1.807) is 60.7 Å². The molecule has 2 heterocycles. The molecule has 1 fully saturated rings. The van der Waals surface area contributed by atoms with Gasteiger partial charge < -0.3 is 20.1 Å². The molecular weight excluding hydrogens is 511 g/mol. The minimum Gasteiger partial charge on any atom is -0.489 e. The highest BCUT2D eigenvalue weighted by atomic mass is 19.4. The number of carbonyl (C=O) groups excluding carboxylic acids is 1. The van der Waals surface area contributed by atoms with Gasteiger partial charge in [-0.1, -0.05) is 42.5 Å². The smallest absolute Gasteiger partial charge is 0.415 e. The Morgan fingerprint density at radius 1 is 1.08 bits per heavy atom. The van der Waals surface area contributed by atoms with Crippen LogP contribution in [0.2, 0.25) is 0 Å². The number of carbonyl (C=O) groups is 2. The molecule has 2 aromatic rings. The third kappa shape index (κ3) is 6.05. The highest BCUT2D eigenvalue weighted by molar-refractivity contribution is 6.13. The first-order valence-corrected chi connectivity index (χ1v) is 12.5. The van der Waals surface area contributed by atoms with Crippen LogP contribution in [0.15, 0.2) is 94.8 Å². The predicted octanol–water partition coefficient (Wildman–Crippen LogP) is 5.33. The number of ether oxygens (including phenoxy) is 1. The maximum atomic E-state index is 13.7. The van der Waals surface area contributed by atoms with Crippen LogP contribution >= 0.6 is 0 Å². The fraction of sp³-hybridized carbons (Fsp3) is 0.276. The van der Waals surface area contributed by atoms with Crippen molar-refractivity contribution in [2.75, 3.05) is 18.4 Å². The van der Waals surface area contributed by atoms with Crippen LogP contribution in [-0.4, -0.2) is 53.0 Å². The Morgan fingerprint density at radius 2 is 1.82 bits per heavy atom. The molecular formula is C29H26F3N3O4. The van der Waals surface area contributed by atoms with Gasteiger partial charge >= 0.3 is 12.1 Å². The van der Waals surface area contributed by atoms with E-state index in [9.17, 15) is 22.8 Å². The summed E-state index contributed by atoms with van der Waals surface area (Å²) in [5.41, 5.74) is 0.440. The lowest BCUT2D eigenvalue weighted by Crippen LogP contribution is -2.25. The van der Waals surface area contributed by atoms with Gasteiger partial charge in [-0.05, 0) is 42.3 Å². The number of alkyl halides is 3. The zero-order valence-corrected chi connectivity index (χ0v) is 20.8. The van der Waals surface area contributed by atoms with Crippen molar-refractivity contribution in [1.29, 1.82) is 0 Å². The number of carboxylic acid groups (broad SMARTS) is 1. The predicted molar refractivity (Wildman–Crippen MR) is 139 cm³/mol. The summed E-state index contributed by atoms with van der Waals surface area (Å²) in [4.78, 5) is 30.1. The summed E-state index contributed by atoms with van der Waals surface area (Å²) < 4.78 is 47.1. The number of benzene rings is 2. The number of hydrogen-bond donors (Lipinski definition) is 2. The lowest BCUT2D eigenvalue weighted by Gasteiger charge is -2.23. The van der Waals surface area contributed by atoms with Crippen LogP contribution in [0.4, 0.5) is 18.9 Å². The molecule has 5 rings (SSSR count). The van der Waals surface area contributed by atoms with Crippen LogP contribution < -0.4 is 10.1 Å². The number of halogens is 3. The largest absolute Gasteiger partial charge is 0.489 e. The molecule has 1 unspecified atom stereocenters. The molecule has 1 aliphatic carbocycles. The number of nitrogens with one attached hydrogen (secondary N) is 1. The Hall–Kier alpha value is -4.34. The van der Waals surface area contributed by atoms with E-state index in [2.05, 4.69) is 15.2 Å². The molecule has 0 aromatic heterocycles. The maximum Gasteiger partial charge on any atom is 0.415 e. The zero-order valence-electron chi connectivity index (χ0n) is 20.8. The summed E-state index contributed by atoms with van der Waals surface area (Å²) >= 11 is 0. The SMILES string of the molecule is O=C(Nc1ccc(O[C@H]2CCN(C3=CCC(C(=O)O)C=C3)C2)cc1)C1=C(C(F)(F)F)CC(c2ccccc2)=N1. The molecule has 1 amide bonds. The van der Waals surface area contributed by atoms with Gasteiger partial charge in [0.1, 0.15) is 17.6 Å². The minimum atomic E-state index is -4.68. The first-order valence-electron chi connectivity index (χ1n) is 12.5. The molecule has 39 heavy (non-hydrogen) atoms. The van der Waals surface area contributed by atoms with Gasteiger partial charge in [0.25, 0.3) is 5.91 Å². The molecule has 2 N–H and O–H groups in total. The number of carboxylic acids is 1. The molecule has 202 valence electrons.